The minimum atomic E-state index is -0.162. The molecule has 6 nitrogen and oxygen atoms in total. The van der Waals surface area contributed by atoms with Crippen LogP contribution in [0.5, 0.6) is 0 Å². The number of amides is 1. The number of carbonyl (C=O) groups is 1. The number of carbonyl (C=O) groups excluding carboxylic acids is 1. The van der Waals surface area contributed by atoms with Gasteiger partial charge >= 0.3 is 0 Å². The molecule has 0 bridgehead atoms. The number of likely N-dealkylation sites (tertiary alicyclic amines) is 1. The molecule has 0 unspecified atom stereocenters. The zero-order valence-corrected chi connectivity index (χ0v) is 14.7. The molecule has 1 aromatic carbocycles. The fraction of sp³-hybridized carbons (Fsp3) is 0.438. The highest BCUT2D eigenvalue weighted by Crippen LogP contribution is 2.16. The van der Waals surface area contributed by atoms with Crippen LogP contribution in [0.15, 0.2) is 28.7 Å². The van der Waals surface area contributed by atoms with E-state index in [4.69, 9.17) is 0 Å². The predicted octanol–water partition coefficient (Wildman–Crippen LogP) is 2.16. The molecule has 1 aliphatic rings. The average Bonchev–Trinajstić information content (AvgIpc) is 3.18. The standard InChI is InChI=1S/C16H20BrN5O/c1-12-15(16(23)18-8-11-21-9-2-3-10-21)19-20-22(12)14-6-4-13(17)5-7-14/h4-7H,2-3,8-11H2,1H3,(H,18,23). The van der Waals surface area contributed by atoms with Gasteiger partial charge in [-0.1, -0.05) is 21.1 Å². The van der Waals surface area contributed by atoms with Crippen LogP contribution in [-0.4, -0.2) is 52.0 Å². The third-order valence-electron chi connectivity index (χ3n) is 4.09. The van der Waals surface area contributed by atoms with Crippen LogP contribution in [-0.2, 0) is 0 Å². The third kappa shape index (κ3) is 3.79. The van der Waals surface area contributed by atoms with Crippen LogP contribution >= 0.6 is 15.9 Å². The Labute approximate surface area is 144 Å². The van der Waals surface area contributed by atoms with Crippen molar-refractivity contribution in [1.29, 1.82) is 0 Å². The van der Waals surface area contributed by atoms with Crippen LogP contribution in [0.4, 0.5) is 0 Å². The molecule has 1 amide bonds. The molecule has 1 fully saturated rings. The smallest absolute Gasteiger partial charge is 0.273 e. The van der Waals surface area contributed by atoms with Crippen molar-refractivity contribution in [3.63, 3.8) is 0 Å². The molecule has 122 valence electrons. The molecule has 0 spiro atoms. The van der Waals surface area contributed by atoms with E-state index in [1.807, 2.05) is 31.2 Å². The predicted molar refractivity (Wildman–Crippen MR) is 91.8 cm³/mol. The number of halogens is 1. The second kappa shape index (κ2) is 7.23. The fourth-order valence-electron chi connectivity index (χ4n) is 2.78. The zero-order valence-electron chi connectivity index (χ0n) is 13.1. The third-order valence-corrected chi connectivity index (χ3v) is 4.62. The molecule has 7 heteroatoms. The number of aromatic nitrogens is 3. The summed E-state index contributed by atoms with van der Waals surface area (Å²) in [5.74, 6) is -0.162. The van der Waals surface area contributed by atoms with E-state index in [0.717, 1.165) is 35.5 Å². The molecule has 2 aromatic rings. The van der Waals surface area contributed by atoms with Gasteiger partial charge in [-0.15, -0.1) is 5.10 Å². The lowest BCUT2D eigenvalue weighted by molar-refractivity contribution is 0.0944. The summed E-state index contributed by atoms with van der Waals surface area (Å²) in [5, 5.41) is 11.1. The van der Waals surface area contributed by atoms with Crippen molar-refractivity contribution in [1.82, 2.24) is 25.2 Å². The molecule has 1 N–H and O–H groups in total. The Bertz CT molecular complexity index is 676. The highest BCUT2D eigenvalue weighted by Gasteiger charge is 2.18. The number of benzene rings is 1. The van der Waals surface area contributed by atoms with Gasteiger partial charge in [-0.3, -0.25) is 4.79 Å². The minimum Gasteiger partial charge on any atom is -0.349 e. The average molecular weight is 378 g/mol. The van der Waals surface area contributed by atoms with Gasteiger partial charge in [0.25, 0.3) is 5.91 Å². The van der Waals surface area contributed by atoms with Gasteiger partial charge in [-0.2, -0.15) is 0 Å². The molecule has 3 rings (SSSR count). The van der Waals surface area contributed by atoms with Gasteiger partial charge in [-0.25, -0.2) is 4.68 Å². The number of nitrogens with one attached hydrogen (secondary N) is 1. The topological polar surface area (TPSA) is 63.1 Å². The lowest BCUT2D eigenvalue weighted by Crippen LogP contribution is -2.33. The van der Waals surface area contributed by atoms with E-state index in [2.05, 4.69) is 36.5 Å². The molecule has 2 heterocycles. The van der Waals surface area contributed by atoms with Gasteiger partial charge in [0.15, 0.2) is 5.69 Å². The van der Waals surface area contributed by atoms with Gasteiger partial charge in [0.05, 0.1) is 11.4 Å². The first-order chi connectivity index (χ1) is 11.1. The number of rotatable bonds is 5. The van der Waals surface area contributed by atoms with E-state index in [1.54, 1.807) is 4.68 Å². The lowest BCUT2D eigenvalue weighted by Gasteiger charge is -2.14. The molecular formula is C16H20BrN5O. The Hall–Kier alpha value is -1.73. The Morgan fingerprint density at radius 3 is 2.65 bits per heavy atom. The normalized spacial score (nSPS) is 15.0. The summed E-state index contributed by atoms with van der Waals surface area (Å²) in [6.45, 7) is 5.66. The largest absolute Gasteiger partial charge is 0.349 e. The molecule has 0 radical (unpaired) electrons. The van der Waals surface area contributed by atoms with Gasteiger partial charge < -0.3 is 10.2 Å². The van der Waals surface area contributed by atoms with E-state index in [9.17, 15) is 4.79 Å². The number of nitrogens with zero attached hydrogens (tertiary/aromatic N) is 4. The maximum absolute atomic E-state index is 12.3. The quantitative estimate of drug-likeness (QED) is 0.866. The van der Waals surface area contributed by atoms with Crippen molar-refractivity contribution < 1.29 is 4.79 Å². The first-order valence-corrected chi connectivity index (χ1v) is 8.63. The first-order valence-electron chi connectivity index (χ1n) is 7.84. The summed E-state index contributed by atoms with van der Waals surface area (Å²) in [6.07, 6.45) is 2.52. The SMILES string of the molecule is Cc1c(C(=O)NCCN2CCCC2)nnn1-c1ccc(Br)cc1. The zero-order chi connectivity index (χ0) is 16.2. The van der Waals surface area contributed by atoms with Crippen LogP contribution in [0, 0.1) is 6.92 Å². The van der Waals surface area contributed by atoms with Gasteiger partial charge in [0.1, 0.15) is 0 Å². The van der Waals surface area contributed by atoms with Crippen molar-refractivity contribution in [3.8, 4) is 5.69 Å². The van der Waals surface area contributed by atoms with Crippen molar-refractivity contribution in [3.05, 3.63) is 40.1 Å². The van der Waals surface area contributed by atoms with Crippen LogP contribution in [0.3, 0.4) is 0 Å². The maximum Gasteiger partial charge on any atom is 0.273 e. The fourth-order valence-corrected chi connectivity index (χ4v) is 3.05. The number of hydrogen-bond donors (Lipinski definition) is 1. The first kappa shape index (κ1) is 16.1. The summed E-state index contributed by atoms with van der Waals surface area (Å²) >= 11 is 3.41. The second-order valence-corrected chi connectivity index (χ2v) is 6.63. The van der Waals surface area contributed by atoms with Gasteiger partial charge in [0.2, 0.25) is 0 Å². The van der Waals surface area contributed by atoms with Crippen LogP contribution in [0.1, 0.15) is 29.0 Å². The van der Waals surface area contributed by atoms with E-state index in [1.165, 1.54) is 12.8 Å². The Morgan fingerprint density at radius 1 is 1.26 bits per heavy atom. The van der Waals surface area contributed by atoms with Crippen molar-refractivity contribution in [2.75, 3.05) is 26.2 Å². The van der Waals surface area contributed by atoms with Crippen molar-refractivity contribution >= 4 is 21.8 Å². The summed E-state index contributed by atoms with van der Waals surface area (Å²) < 4.78 is 2.68. The van der Waals surface area contributed by atoms with Crippen LogP contribution in [0.2, 0.25) is 0 Å². The molecule has 0 aliphatic carbocycles. The number of hydrogen-bond acceptors (Lipinski definition) is 4. The minimum absolute atomic E-state index is 0.162. The second-order valence-electron chi connectivity index (χ2n) is 5.72. The van der Waals surface area contributed by atoms with Crippen LogP contribution < -0.4 is 5.32 Å². The van der Waals surface area contributed by atoms with Crippen molar-refractivity contribution in [2.24, 2.45) is 0 Å². The highest BCUT2D eigenvalue weighted by atomic mass is 79.9. The lowest BCUT2D eigenvalue weighted by atomic mass is 10.3. The summed E-state index contributed by atoms with van der Waals surface area (Å²) in [5.41, 5.74) is 2.01. The molecule has 0 atom stereocenters. The summed E-state index contributed by atoms with van der Waals surface area (Å²) in [6, 6.07) is 7.74. The maximum atomic E-state index is 12.3. The highest BCUT2D eigenvalue weighted by molar-refractivity contribution is 9.10. The molecule has 1 aliphatic heterocycles. The Morgan fingerprint density at radius 2 is 1.96 bits per heavy atom. The van der Waals surface area contributed by atoms with E-state index in [0.29, 0.717) is 12.2 Å². The Kier molecular flexibility index (Phi) is 5.07. The van der Waals surface area contributed by atoms with Crippen molar-refractivity contribution in [2.45, 2.75) is 19.8 Å². The van der Waals surface area contributed by atoms with Gasteiger partial charge in [0, 0.05) is 17.6 Å². The Balaban J connectivity index is 1.63. The van der Waals surface area contributed by atoms with Crippen LogP contribution in [0.25, 0.3) is 5.69 Å². The monoisotopic (exact) mass is 377 g/mol. The summed E-state index contributed by atoms with van der Waals surface area (Å²) in [7, 11) is 0. The molecular weight excluding hydrogens is 358 g/mol. The molecule has 23 heavy (non-hydrogen) atoms. The van der Waals surface area contributed by atoms with E-state index < -0.39 is 0 Å². The van der Waals surface area contributed by atoms with E-state index in [-0.39, 0.29) is 5.91 Å². The molecule has 1 aromatic heterocycles. The summed E-state index contributed by atoms with van der Waals surface area (Å²) in [4.78, 5) is 14.7. The molecule has 0 saturated carbocycles. The van der Waals surface area contributed by atoms with Gasteiger partial charge in [-0.05, 0) is 57.1 Å². The van der Waals surface area contributed by atoms with E-state index >= 15 is 0 Å². The molecule has 1 saturated heterocycles.